The molecule has 0 atom stereocenters. The van der Waals surface area contributed by atoms with Crippen LogP contribution in [-0.2, 0) is 14.4 Å². The minimum absolute atomic E-state index is 0.000556. The molecule has 1 fully saturated rings. The predicted molar refractivity (Wildman–Crippen MR) is 68.2 cm³/mol. The first-order valence-electron chi connectivity index (χ1n) is 6.63. The van der Waals surface area contributed by atoms with Crippen molar-refractivity contribution in [1.82, 2.24) is 4.90 Å². The zero-order chi connectivity index (χ0) is 14.2. The molecule has 0 bridgehead atoms. The number of carboxylic acids is 1. The van der Waals surface area contributed by atoms with Crippen molar-refractivity contribution in [3.8, 4) is 0 Å². The molecule has 1 N–H and O–H groups in total. The summed E-state index contributed by atoms with van der Waals surface area (Å²) in [4.78, 5) is 36.3. The Morgan fingerprint density at radius 1 is 1.42 bits per heavy atom. The van der Waals surface area contributed by atoms with E-state index >= 15 is 0 Å². The Hall–Kier alpha value is -1.65. The van der Waals surface area contributed by atoms with Crippen LogP contribution < -0.4 is 0 Å². The molecule has 0 saturated heterocycles. The van der Waals surface area contributed by atoms with E-state index in [0.717, 1.165) is 17.7 Å². The van der Waals surface area contributed by atoms with Crippen LogP contribution in [0.25, 0.3) is 0 Å². The first-order chi connectivity index (χ1) is 8.85. The van der Waals surface area contributed by atoms with Gasteiger partial charge in [0.15, 0.2) is 0 Å². The zero-order valence-electron chi connectivity index (χ0n) is 11.3. The lowest BCUT2D eigenvalue weighted by atomic mass is 9.70. The molecule has 0 unspecified atom stereocenters. The fourth-order valence-electron chi connectivity index (χ4n) is 2.84. The van der Waals surface area contributed by atoms with Gasteiger partial charge in [0.25, 0.3) is 11.8 Å². The number of hydrogen-bond acceptors (Lipinski definition) is 3. The van der Waals surface area contributed by atoms with E-state index < -0.39 is 11.4 Å². The summed E-state index contributed by atoms with van der Waals surface area (Å²) >= 11 is 0. The fourth-order valence-corrected chi connectivity index (χ4v) is 2.84. The molecular weight excluding hydrogens is 246 g/mol. The van der Waals surface area contributed by atoms with Gasteiger partial charge in [-0.1, -0.05) is 6.92 Å². The summed E-state index contributed by atoms with van der Waals surface area (Å²) in [5.74, 6) is -1.13. The fraction of sp³-hybridized carbons (Fsp3) is 0.643. The van der Waals surface area contributed by atoms with E-state index in [1.807, 2.05) is 0 Å². The van der Waals surface area contributed by atoms with Crippen LogP contribution in [0.3, 0.4) is 0 Å². The second kappa shape index (κ2) is 4.79. The van der Waals surface area contributed by atoms with Crippen molar-refractivity contribution in [2.75, 3.05) is 6.54 Å². The summed E-state index contributed by atoms with van der Waals surface area (Å²) < 4.78 is 0. The van der Waals surface area contributed by atoms with Gasteiger partial charge in [0.2, 0.25) is 0 Å². The third kappa shape index (κ3) is 2.41. The SMILES string of the molecule is CC1=CC(=O)N(CC2(C(=O)O)CCC(C)CC2)C1=O. The summed E-state index contributed by atoms with van der Waals surface area (Å²) in [7, 11) is 0. The van der Waals surface area contributed by atoms with Crippen molar-refractivity contribution >= 4 is 17.8 Å². The summed E-state index contributed by atoms with van der Waals surface area (Å²) in [5.41, 5.74) is -0.578. The summed E-state index contributed by atoms with van der Waals surface area (Å²) in [5, 5.41) is 9.51. The second-order valence-corrected chi connectivity index (χ2v) is 5.82. The van der Waals surface area contributed by atoms with Crippen molar-refractivity contribution in [1.29, 1.82) is 0 Å². The molecule has 104 valence electrons. The number of hydrogen-bond donors (Lipinski definition) is 1. The third-order valence-corrected chi connectivity index (χ3v) is 4.33. The molecule has 0 radical (unpaired) electrons. The second-order valence-electron chi connectivity index (χ2n) is 5.82. The number of imide groups is 1. The molecule has 1 aliphatic carbocycles. The van der Waals surface area contributed by atoms with Gasteiger partial charge in [-0.15, -0.1) is 0 Å². The Labute approximate surface area is 112 Å². The van der Waals surface area contributed by atoms with Crippen molar-refractivity contribution in [3.63, 3.8) is 0 Å². The van der Waals surface area contributed by atoms with Crippen LogP contribution >= 0.6 is 0 Å². The lowest BCUT2D eigenvalue weighted by Crippen LogP contribution is -2.47. The minimum atomic E-state index is -0.962. The van der Waals surface area contributed by atoms with E-state index in [4.69, 9.17) is 0 Å². The molecule has 0 spiro atoms. The quantitative estimate of drug-likeness (QED) is 0.786. The average Bonchev–Trinajstić information content (AvgIpc) is 2.58. The first kappa shape index (κ1) is 13.8. The van der Waals surface area contributed by atoms with Gasteiger partial charge in [-0.05, 0) is 38.5 Å². The molecule has 1 aliphatic heterocycles. The molecule has 1 heterocycles. The summed E-state index contributed by atoms with van der Waals surface area (Å²) in [6.45, 7) is 3.68. The van der Waals surface area contributed by atoms with E-state index in [1.165, 1.54) is 6.08 Å². The molecule has 5 nitrogen and oxygen atoms in total. The number of amides is 2. The number of carbonyl (C=O) groups excluding carboxylic acids is 2. The van der Waals surface area contributed by atoms with Crippen LogP contribution in [0.15, 0.2) is 11.6 Å². The first-order valence-corrected chi connectivity index (χ1v) is 6.63. The maximum Gasteiger partial charge on any atom is 0.311 e. The number of rotatable bonds is 3. The maximum absolute atomic E-state index is 11.9. The lowest BCUT2D eigenvalue weighted by molar-refractivity contribution is -0.155. The van der Waals surface area contributed by atoms with E-state index in [9.17, 15) is 19.5 Å². The van der Waals surface area contributed by atoms with Crippen molar-refractivity contribution in [2.24, 2.45) is 11.3 Å². The Morgan fingerprint density at radius 2 is 2.00 bits per heavy atom. The molecule has 19 heavy (non-hydrogen) atoms. The topological polar surface area (TPSA) is 74.7 Å². The summed E-state index contributed by atoms with van der Waals surface area (Å²) in [6, 6.07) is 0. The van der Waals surface area contributed by atoms with Gasteiger partial charge in [0.1, 0.15) is 0 Å². The molecule has 2 aliphatic rings. The standard InChI is InChI=1S/C14H19NO4/c1-9-3-5-14(6-4-9,13(18)19)8-15-11(16)7-10(2)12(15)17/h7,9H,3-6,8H2,1-2H3,(H,18,19). The van der Waals surface area contributed by atoms with E-state index in [1.54, 1.807) is 6.92 Å². The van der Waals surface area contributed by atoms with Crippen LogP contribution in [0.2, 0.25) is 0 Å². The van der Waals surface area contributed by atoms with Crippen LogP contribution in [0.4, 0.5) is 0 Å². The third-order valence-electron chi connectivity index (χ3n) is 4.33. The smallest absolute Gasteiger partial charge is 0.311 e. The van der Waals surface area contributed by atoms with Crippen LogP contribution in [0, 0.1) is 11.3 Å². The van der Waals surface area contributed by atoms with E-state index in [0.29, 0.717) is 24.3 Å². The molecular formula is C14H19NO4. The van der Waals surface area contributed by atoms with Gasteiger partial charge < -0.3 is 5.11 Å². The molecule has 0 aromatic carbocycles. The number of carbonyl (C=O) groups is 3. The largest absolute Gasteiger partial charge is 0.481 e. The monoisotopic (exact) mass is 265 g/mol. The predicted octanol–water partition coefficient (Wildman–Crippen LogP) is 1.58. The number of nitrogens with zero attached hydrogens (tertiary/aromatic N) is 1. The van der Waals surface area contributed by atoms with E-state index in [-0.39, 0.29) is 18.4 Å². The Balaban J connectivity index is 2.17. The Morgan fingerprint density at radius 3 is 2.42 bits per heavy atom. The highest BCUT2D eigenvalue weighted by Gasteiger charge is 2.45. The molecule has 0 aromatic heterocycles. The molecule has 5 heteroatoms. The highest BCUT2D eigenvalue weighted by Crippen LogP contribution is 2.40. The van der Waals surface area contributed by atoms with Crippen molar-refractivity contribution in [3.05, 3.63) is 11.6 Å². The maximum atomic E-state index is 11.9. The van der Waals surface area contributed by atoms with Gasteiger partial charge in [-0.25, -0.2) is 0 Å². The van der Waals surface area contributed by atoms with Gasteiger partial charge >= 0.3 is 5.97 Å². The highest BCUT2D eigenvalue weighted by atomic mass is 16.4. The molecule has 2 rings (SSSR count). The van der Waals surface area contributed by atoms with Gasteiger partial charge in [-0.2, -0.15) is 0 Å². The van der Waals surface area contributed by atoms with E-state index in [2.05, 4.69) is 6.92 Å². The summed E-state index contributed by atoms with van der Waals surface area (Å²) in [6.07, 6.45) is 3.99. The number of aliphatic carboxylic acids is 1. The van der Waals surface area contributed by atoms with Crippen LogP contribution in [-0.4, -0.2) is 34.3 Å². The van der Waals surface area contributed by atoms with Crippen molar-refractivity contribution < 1.29 is 19.5 Å². The van der Waals surface area contributed by atoms with Gasteiger partial charge in [0, 0.05) is 18.2 Å². The molecule has 0 aromatic rings. The Kier molecular flexibility index (Phi) is 3.47. The normalized spacial score (nSPS) is 31.6. The van der Waals surface area contributed by atoms with Gasteiger partial charge in [0.05, 0.1) is 5.41 Å². The van der Waals surface area contributed by atoms with Crippen molar-refractivity contribution in [2.45, 2.75) is 39.5 Å². The highest BCUT2D eigenvalue weighted by molar-refractivity contribution is 6.16. The van der Waals surface area contributed by atoms with Gasteiger partial charge in [-0.3, -0.25) is 19.3 Å². The van der Waals surface area contributed by atoms with Crippen LogP contribution in [0.1, 0.15) is 39.5 Å². The molecule has 1 saturated carbocycles. The lowest BCUT2D eigenvalue weighted by Gasteiger charge is -2.37. The van der Waals surface area contributed by atoms with Crippen LogP contribution in [0.5, 0.6) is 0 Å². The average molecular weight is 265 g/mol. The Bertz CT molecular complexity index is 458. The molecule has 2 amide bonds. The zero-order valence-corrected chi connectivity index (χ0v) is 11.3. The minimum Gasteiger partial charge on any atom is -0.481 e. The number of carboxylic acid groups (broad SMARTS) is 1.